The van der Waals surface area contributed by atoms with Crippen molar-refractivity contribution in [3.05, 3.63) is 35.9 Å². The van der Waals surface area contributed by atoms with Crippen LogP contribution in [0.25, 0.3) is 0 Å². The van der Waals surface area contributed by atoms with Crippen molar-refractivity contribution in [1.29, 1.82) is 0 Å². The van der Waals surface area contributed by atoms with Crippen molar-refractivity contribution in [1.82, 2.24) is 0 Å². The van der Waals surface area contributed by atoms with E-state index in [4.69, 9.17) is 4.74 Å². The highest BCUT2D eigenvalue weighted by Gasteiger charge is 2.68. The standard InChI is InChI=1S/C17H22O2/c1-2-19-16(18)15-14(13-9-5-3-6-10-13)17(15)11-7-4-8-12-17/h3,5-6,9-10,14-15H,2,4,7-8,11-12H2,1H3. The Labute approximate surface area is 115 Å². The summed E-state index contributed by atoms with van der Waals surface area (Å²) in [5.74, 6) is 0.529. The van der Waals surface area contributed by atoms with Gasteiger partial charge >= 0.3 is 5.97 Å². The molecule has 0 amide bonds. The lowest BCUT2D eigenvalue weighted by atomic mass is 9.82. The molecule has 2 aliphatic carbocycles. The fourth-order valence-corrected chi connectivity index (χ4v) is 4.11. The van der Waals surface area contributed by atoms with E-state index in [9.17, 15) is 4.79 Å². The van der Waals surface area contributed by atoms with Crippen molar-refractivity contribution >= 4 is 5.97 Å². The second-order valence-electron chi connectivity index (χ2n) is 5.91. The SMILES string of the molecule is CCOC(=O)C1C(c2ccccc2)C12CCCCC2. The lowest BCUT2D eigenvalue weighted by molar-refractivity contribution is -0.145. The van der Waals surface area contributed by atoms with Crippen molar-refractivity contribution in [3.8, 4) is 0 Å². The molecule has 0 radical (unpaired) electrons. The van der Waals surface area contributed by atoms with Crippen LogP contribution in [0.4, 0.5) is 0 Å². The molecule has 0 aliphatic heterocycles. The largest absolute Gasteiger partial charge is 0.466 e. The average molecular weight is 258 g/mol. The third-order valence-electron chi connectivity index (χ3n) is 4.95. The monoisotopic (exact) mass is 258 g/mol. The predicted octanol–water partition coefficient (Wildman–Crippen LogP) is 3.91. The highest BCUT2D eigenvalue weighted by atomic mass is 16.5. The number of hydrogen-bond donors (Lipinski definition) is 0. The molecule has 1 aromatic rings. The zero-order valence-corrected chi connectivity index (χ0v) is 11.6. The van der Waals surface area contributed by atoms with E-state index in [-0.39, 0.29) is 17.3 Å². The average Bonchev–Trinajstić information content (AvgIpc) is 3.08. The Morgan fingerprint density at radius 1 is 1.21 bits per heavy atom. The zero-order chi connectivity index (χ0) is 13.3. The van der Waals surface area contributed by atoms with Gasteiger partial charge in [0.05, 0.1) is 12.5 Å². The lowest BCUT2D eigenvalue weighted by Crippen LogP contribution is -2.16. The van der Waals surface area contributed by atoms with Gasteiger partial charge in [0.15, 0.2) is 0 Å². The molecule has 1 spiro atoms. The molecule has 2 nitrogen and oxygen atoms in total. The third-order valence-corrected chi connectivity index (χ3v) is 4.95. The molecule has 3 rings (SSSR count). The first-order valence-electron chi connectivity index (χ1n) is 7.51. The summed E-state index contributed by atoms with van der Waals surface area (Å²) < 4.78 is 5.31. The van der Waals surface area contributed by atoms with Gasteiger partial charge in [-0.25, -0.2) is 0 Å². The Hall–Kier alpha value is -1.31. The van der Waals surface area contributed by atoms with E-state index in [1.165, 1.54) is 37.7 Å². The second kappa shape index (κ2) is 4.99. The van der Waals surface area contributed by atoms with E-state index < -0.39 is 0 Å². The zero-order valence-electron chi connectivity index (χ0n) is 11.6. The number of esters is 1. The van der Waals surface area contributed by atoms with Gasteiger partial charge in [0.2, 0.25) is 0 Å². The van der Waals surface area contributed by atoms with E-state index in [2.05, 4.69) is 24.3 Å². The van der Waals surface area contributed by atoms with E-state index in [0.717, 1.165) is 0 Å². The molecule has 2 heteroatoms. The quantitative estimate of drug-likeness (QED) is 0.768. The molecule has 0 aromatic heterocycles. The summed E-state index contributed by atoms with van der Waals surface area (Å²) >= 11 is 0. The van der Waals surface area contributed by atoms with Crippen LogP contribution in [-0.2, 0) is 9.53 Å². The molecule has 2 fully saturated rings. The number of carbonyl (C=O) groups excluding carboxylic acids is 1. The molecule has 2 atom stereocenters. The van der Waals surface area contributed by atoms with Crippen molar-refractivity contribution in [2.24, 2.45) is 11.3 Å². The Balaban J connectivity index is 1.86. The Kier molecular flexibility index (Phi) is 3.34. The summed E-state index contributed by atoms with van der Waals surface area (Å²) in [6.07, 6.45) is 6.23. The van der Waals surface area contributed by atoms with Gasteiger partial charge in [0.1, 0.15) is 0 Å². The molecule has 0 heterocycles. The summed E-state index contributed by atoms with van der Waals surface area (Å²) in [7, 11) is 0. The van der Waals surface area contributed by atoms with Gasteiger partial charge in [-0.05, 0) is 30.7 Å². The van der Waals surface area contributed by atoms with Crippen molar-refractivity contribution in [2.45, 2.75) is 44.9 Å². The van der Waals surface area contributed by atoms with Gasteiger partial charge < -0.3 is 4.74 Å². The van der Waals surface area contributed by atoms with Crippen LogP contribution in [-0.4, -0.2) is 12.6 Å². The maximum atomic E-state index is 12.2. The second-order valence-corrected chi connectivity index (χ2v) is 5.91. The first-order chi connectivity index (χ1) is 9.29. The number of hydrogen-bond acceptors (Lipinski definition) is 2. The molecule has 2 aliphatic rings. The van der Waals surface area contributed by atoms with Crippen LogP contribution in [0, 0.1) is 11.3 Å². The van der Waals surface area contributed by atoms with E-state index in [0.29, 0.717) is 12.5 Å². The molecule has 102 valence electrons. The maximum Gasteiger partial charge on any atom is 0.310 e. The van der Waals surface area contributed by atoms with Crippen LogP contribution >= 0.6 is 0 Å². The van der Waals surface area contributed by atoms with Gasteiger partial charge in [-0.2, -0.15) is 0 Å². The molecule has 0 bridgehead atoms. The summed E-state index contributed by atoms with van der Waals surface area (Å²) in [4.78, 5) is 12.2. The van der Waals surface area contributed by atoms with Crippen molar-refractivity contribution < 1.29 is 9.53 Å². The van der Waals surface area contributed by atoms with Gasteiger partial charge in [0, 0.05) is 5.92 Å². The Bertz CT molecular complexity index is 446. The molecular formula is C17H22O2. The van der Waals surface area contributed by atoms with Crippen molar-refractivity contribution in [3.63, 3.8) is 0 Å². The van der Waals surface area contributed by atoms with E-state index in [1.54, 1.807) is 0 Å². The van der Waals surface area contributed by atoms with E-state index >= 15 is 0 Å². The minimum absolute atomic E-state index is 0.0262. The number of benzene rings is 1. The predicted molar refractivity (Wildman–Crippen MR) is 74.8 cm³/mol. The Morgan fingerprint density at radius 2 is 1.89 bits per heavy atom. The van der Waals surface area contributed by atoms with E-state index in [1.807, 2.05) is 13.0 Å². The van der Waals surface area contributed by atoms with Crippen molar-refractivity contribution in [2.75, 3.05) is 6.61 Å². The minimum atomic E-state index is 0.0262. The lowest BCUT2D eigenvalue weighted by Gasteiger charge is -2.23. The summed E-state index contributed by atoms with van der Waals surface area (Å²) in [6.45, 7) is 2.39. The highest BCUT2D eigenvalue weighted by Crippen LogP contribution is 2.71. The van der Waals surface area contributed by atoms with Crippen LogP contribution in [0.15, 0.2) is 30.3 Å². The number of carbonyl (C=O) groups is 1. The first-order valence-corrected chi connectivity index (χ1v) is 7.51. The molecule has 1 aromatic carbocycles. The van der Waals surface area contributed by atoms with Gasteiger partial charge in [0.25, 0.3) is 0 Å². The van der Waals surface area contributed by atoms with Gasteiger partial charge in [-0.15, -0.1) is 0 Å². The number of rotatable bonds is 3. The van der Waals surface area contributed by atoms with Crippen LogP contribution < -0.4 is 0 Å². The van der Waals surface area contributed by atoms with Crippen LogP contribution in [0.3, 0.4) is 0 Å². The van der Waals surface area contributed by atoms with Crippen LogP contribution in [0.2, 0.25) is 0 Å². The minimum Gasteiger partial charge on any atom is -0.466 e. The van der Waals surface area contributed by atoms with Crippen LogP contribution in [0.1, 0.15) is 50.5 Å². The fourth-order valence-electron chi connectivity index (χ4n) is 4.11. The molecule has 2 unspecified atom stereocenters. The normalized spacial score (nSPS) is 28.1. The molecule has 0 N–H and O–H groups in total. The Morgan fingerprint density at radius 3 is 2.53 bits per heavy atom. The molecule has 0 saturated heterocycles. The molecule has 19 heavy (non-hydrogen) atoms. The summed E-state index contributed by atoms with van der Waals surface area (Å²) in [5, 5.41) is 0. The summed E-state index contributed by atoms with van der Waals surface area (Å²) in [5.41, 5.74) is 1.54. The van der Waals surface area contributed by atoms with Crippen LogP contribution in [0.5, 0.6) is 0 Å². The third kappa shape index (κ3) is 2.07. The smallest absolute Gasteiger partial charge is 0.310 e. The first kappa shape index (κ1) is 12.7. The number of ether oxygens (including phenoxy) is 1. The fraction of sp³-hybridized carbons (Fsp3) is 0.588. The maximum absolute atomic E-state index is 12.2. The molecule has 2 saturated carbocycles. The van der Waals surface area contributed by atoms with Gasteiger partial charge in [-0.1, -0.05) is 49.6 Å². The summed E-state index contributed by atoms with van der Waals surface area (Å²) in [6, 6.07) is 10.5. The highest BCUT2D eigenvalue weighted by molar-refractivity contribution is 5.80. The molecular weight excluding hydrogens is 236 g/mol. The topological polar surface area (TPSA) is 26.3 Å². The van der Waals surface area contributed by atoms with Gasteiger partial charge in [-0.3, -0.25) is 4.79 Å².